The predicted molar refractivity (Wildman–Crippen MR) is 181 cm³/mol. The van der Waals surface area contributed by atoms with E-state index in [1.54, 1.807) is 14.2 Å². The van der Waals surface area contributed by atoms with Crippen LogP contribution in [0.5, 0.6) is 11.5 Å². The lowest BCUT2D eigenvalue weighted by atomic mass is 9.61. The SMILES string of the molecule is COc1ccc(-c2cc3c(N=O)cc4c(c3cc2C2CCCCC2)-c2ccccc2C42CC(C)CC(CN=[N+]=[N-])C2)c(OC)c1. The van der Waals surface area contributed by atoms with Gasteiger partial charge in [0.1, 0.15) is 17.2 Å². The fourth-order valence-corrected chi connectivity index (χ4v) is 9.12. The molecule has 3 atom stereocenters. The zero-order chi connectivity index (χ0) is 31.1. The van der Waals surface area contributed by atoms with Crippen LogP contribution in [-0.2, 0) is 5.41 Å². The Labute approximate surface area is 264 Å². The van der Waals surface area contributed by atoms with Gasteiger partial charge in [0.15, 0.2) is 0 Å². The summed E-state index contributed by atoms with van der Waals surface area (Å²) in [6.45, 7) is 2.80. The van der Waals surface area contributed by atoms with Crippen LogP contribution in [0, 0.1) is 16.7 Å². The Balaban J connectivity index is 1.53. The molecule has 4 aromatic rings. The Bertz CT molecular complexity index is 1840. The van der Waals surface area contributed by atoms with Crippen LogP contribution in [0.4, 0.5) is 5.69 Å². The van der Waals surface area contributed by atoms with Crippen LogP contribution in [0.25, 0.3) is 43.5 Å². The van der Waals surface area contributed by atoms with E-state index in [-0.39, 0.29) is 11.3 Å². The highest BCUT2D eigenvalue weighted by molar-refractivity contribution is 6.09. The van der Waals surface area contributed by atoms with Gasteiger partial charge < -0.3 is 9.47 Å². The molecule has 230 valence electrons. The Morgan fingerprint density at radius 2 is 1.71 bits per heavy atom. The summed E-state index contributed by atoms with van der Waals surface area (Å²) < 4.78 is 11.4. The van der Waals surface area contributed by atoms with Gasteiger partial charge in [-0.2, -0.15) is 0 Å². The lowest BCUT2D eigenvalue weighted by molar-refractivity contribution is 0.206. The first-order valence-electron chi connectivity index (χ1n) is 16.3. The second-order valence-electron chi connectivity index (χ2n) is 13.5. The zero-order valence-electron chi connectivity index (χ0n) is 26.4. The number of ether oxygens (including phenoxy) is 2. The molecule has 2 fully saturated rings. The second-order valence-corrected chi connectivity index (χ2v) is 13.5. The maximum absolute atomic E-state index is 12.7. The molecular weight excluding hydrogens is 560 g/mol. The molecule has 0 radical (unpaired) electrons. The van der Waals surface area contributed by atoms with Crippen molar-refractivity contribution in [3.8, 4) is 33.8 Å². The van der Waals surface area contributed by atoms with Gasteiger partial charge in [0.05, 0.1) is 14.2 Å². The Kier molecular flexibility index (Phi) is 7.74. The quantitative estimate of drug-likeness (QED) is 0.0913. The maximum atomic E-state index is 12.7. The highest BCUT2D eigenvalue weighted by Gasteiger charge is 2.48. The molecule has 1 spiro atoms. The van der Waals surface area contributed by atoms with Gasteiger partial charge in [-0.3, -0.25) is 0 Å². The molecule has 0 N–H and O–H groups in total. The summed E-state index contributed by atoms with van der Waals surface area (Å²) in [7, 11) is 3.36. The van der Waals surface area contributed by atoms with Gasteiger partial charge in [0.2, 0.25) is 0 Å². The summed E-state index contributed by atoms with van der Waals surface area (Å²) in [5.74, 6) is 2.63. The van der Waals surface area contributed by atoms with Crippen LogP contribution < -0.4 is 9.47 Å². The average molecular weight is 601 g/mol. The minimum absolute atomic E-state index is 0.254. The first kappa shape index (κ1) is 29.4. The molecule has 3 aliphatic rings. The summed E-state index contributed by atoms with van der Waals surface area (Å²) in [5.41, 5.74) is 17.7. The Hall–Kier alpha value is -4.35. The van der Waals surface area contributed by atoms with Crippen molar-refractivity contribution in [2.45, 2.75) is 69.6 Å². The van der Waals surface area contributed by atoms with Crippen LogP contribution in [0.3, 0.4) is 0 Å². The van der Waals surface area contributed by atoms with E-state index in [2.05, 4.69) is 70.7 Å². The summed E-state index contributed by atoms with van der Waals surface area (Å²) in [6.07, 6.45) is 8.89. The van der Waals surface area contributed by atoms with Crippen LogP contribution >= 0.6 is 0 Å². The van der Waals surface area contributed by atoms with Crippen molar-refractivity contribution >= 4 is 16.5 Å². The fraction of sp³-hybridized carbons (Fsp3) is 0.421. The monoisotopic (exact) mass is 600 g/mol. The summed E-state index contributed by atoms with van der Waals surface area (Å²) in [5, 5.41) is 9.66. The number of benzene rings is 4. The first-order valence-corrected chi connectivity index (χ1v) is 16.3. The molecule has 2 saturated carbocycles. The number of azide groups is 1. The summed E-state index contributed by atoms with van der Waals surface area (Å²) in [6, 6.07) is 21.4. The van der Waals surface area contributed by atoms with Crippen molar-refractivity contribution in [1.29, 1.82) is 0 Å². The van der Waals surface area contributed by atoms with Gasteiger partial charge in [-0.25, -0.2) is 0 Å². The van der Waals surface area contributed by atoms with Crippen LogP contribution in [0.2, 0.25) is 0 Å². The van der Waals surface area contributed by atoms with Crippen molar-refractivity contribution in [2.24, 2.45) is 22.1 Å². The third-order valence-corrected chi connectivity index (χ3v) is 10.8. The van der Waals surface area contributed by atoms with Gasteiger partial charge in [0, 0.05) is 33.9 Å². The van der Waals surface area contributed by atoms with E-state index in [0.29, 0.717) is 24.1 Å². The number of methoxy groups -OCH3 is 2. The zero-order valence-corrected chi connectivity index (χ0v) is 26.4. The summed E-state index contributed by atoms with van der Waals surface area (Å²) in [4.78, 5) is 15.8. The lowest BCUT2D eigenvalue weighted by Crippen LogP contribution is -2.36. The predicted octanol–water partition coefficient (Wildman–Crippen LogP) is 11.0. The van der Waals surface area contributed by atoms with E-state index < -0.39 is 0 Å². The standard InChI is InChI=1S/C38H40N4O3/c1-23-15-24(22-40-42-39)21-38(20-23)33-12-8-7-11-28(33)37-32-17-29(25-9-5-4-6-10-25)30(18-31(32)35(41-43)19-34(37)38)27-14-13-26(44-2)16-36(27)45-3/h7-8,11-14,16-19,23-25H,4-6,9-10,15,20-22H2,1-3H3. The van der Waals surface area contributed by atoms with Crippen molar-refractivity contribution < 1.29 is 9.47 Å². The molecule has 45 heavy (non-hydrogen) atoms. The van der Waals surface area contributed by atoms with Gasteiger partial charge in [0.25, 0.3) is 0 Å². The molecular formula is C38H40N4O3. The molecule has 0 bridgehead atoms. The minimum Gasteiger partial charge on any atom is -0.497 e. The number of nitroso groups, excluding NO2 is 1. The topological polar surface area (TPSA) is 96.7 Å². The molecule has 7 heteroatoms. The molecule has 0 aromatic heterocycles. The van der Waals surface area contributed by atoms with Crippen molar-refractivity contribution in [1.82, 2.24) is 0 Å². The highest BCUT2D eigenvalue weighted by atomic mass is 16.5. The first-order chi connectivity index (χ1) is 22.0. The fourth-order valence-electron chi connectivity index (χ4n) is 9.12. The van der Waals surface area contributed by atoms with E-state index in [4.69, 9.17) is 15.0 Å². The number of fused-ring (bicyclic) bond motifs is 7. The summed E-state index contributed by atoms with van der Waals surface area (Å²) >= 11 is 0. The van der Waals surface area contributed by atoms with Gasteiger partial charge >= 0.3 is 0 Å². The Morgan fingerprint density at radius 3 is 2.47 bits per heavy atom. The van der Waals surface area contributed by atoms with Crippen molar-refractivity contribution in [2.75, 3.05) is 20.8 Å². The Morgan fingerprint density at radius 1 is 0.889 bits per heavy atom. The third-order valence-electron chi connectivity index (χ3n) is 10.8. The van der Waals surface area contributed by atoms with E-state index >= 15 is 0 Å². The number of hydrogen-bond acceptors (Lipinski definition) is 5. The number of nitrogens with zero attached hydrogens (tertiary/aromatic N) is 4. The highest BCUT2D eigenvalue weighted by Crippen LogP contribution is 2.61. The number of rotatable bonds is 7. The molecule has 7 nitrogen and oxygen atoms in total. The molecule has 0 saturated heterocycles. The molecule has 0 amide bonds. The van der Waals surface area contributed by atoms with E-state index in [1.807, 2.05) is 12.1 Å². The third kappa shape index (κ3) is 4.85. The molecule has 7 rings (SSSR count). The molecule has 3 aliphatic carbocycles. The largest absolute Gasteiger partial charge is 0.497 e. The molecule has 0 aliphatic heterocycles. The number of hydrogen-bond donors (Lipinski definition) is 0. The van der Waals surface area contributed by atoms with Crippen LogP contribution in [-0.4, -0.2) is 20.8 Å². The van der Waals surface area contributed by atoms with E-state index in [9.17, 15) is 4.91 Å². The maximum Gasteiger partial charge on any atom is 0.130 e. The average Bonchev–Trinajstić information content (AvgIpc) is 3.34. The van der Waals surface area contributed by atoms with Gasteiger partial charge in [-0.05, 0) is 130 Å². The molecule has 0 heterocycles. The van der Waals surface area contributed by atoms with Crippen LogP contribution in [0.15, 0.2) is 71.0 Å². The van der Waals surface area contributed by atoms with Gasteiger partial charge in [-0.1, -0.05) is 55.6 Å². The van der Waals surface area contributed by atoms with Crippen molar-refractivity contribution in [3.05, 3.63) is 92.7 Å². The normalized spacial score (nSPS) is 22.5. The lowest BCUT2D eigenvalue weighted by Gasteiger charge is -2.43. The second kappa shape index (κ2) is 11.9. The minimum atomic E-state index is -0.254. The van der Waals surface area contributed by atoms with E-state index in [0.717, 1.165) is 65.5 Å². The van der Waals surface area contributed by atoms with Gasteiger partial charge in [-0.15, -0.1) is 4.91 Å². The molecule has 3 unspecified atom stereocenters. The van der Waals surface area contributed by atoms with Crippen LogP contribution in [0.1, 0.15) is 80.9 Å². The smallest absolute Gasteiger partial charge is 0.130 e. The van der Waals surface area contributed by atoms with Crippen molar-refractivity contribution in [3.63, 3.8) is 0 Å². The molecule has 4 aromatic carbocycles. The van der Waals surface area contributed by atoms with E-state index in [1.165, 1.54) is 47.1 Å².